The van der Waals surface area contributed by atoms with Gasteiger partial charge in [-0.1, -0.05) is 11.6 Å². The third kappa shape index (κ3) is 1.58. The zero-order valence-electron chi connectivity index (χ0n) is 7.29. The van der Waals surface area contributed by atoms with E-state index in [2.05, 4.69) is 4.98 Å². The van der Waals surface area contributed by atoms with Crippen molar-refractivity contribution in [2.75, 3.05) is 6.61 Å². The molecule has 0 bridgehead atoms. The topological polar surface area (TPSA) is 59.4 Å². The molecular weight excluding hydrogens is 206 g/mol. The highest BCUT2D eigenvalue weighted by Gasteiger charge is 2.19. The number of aromatic nitrogens is 1. The number of hydrogen-bond acceptors (Lipinski definition) is 3. The second-order valence-electron chi connectivity index (χ2n) is 3.03. The smallest absolute Gasteiger partial charge is 0.336 e. The number of fused-ring (bicyclic) bond motifs is 1. The lowest BCUT2D eigenvalue weighted by Gasteiger charge is -2.17. The number of aromatic carboxylic acids is 1. The number of nitrogens with zero attached hydrogens (tertiary/aromatic N) is 1. The molecule has 5 heteroatoms. The summed E-state index contributed by atoms with van der Waals surface area (Å²) in [6.45, 7) is 0.882. The maximum atomic E-state index is 10.9. The molecule has 14 heavy (non-hydrogen) atoms. The fourth-order valence-electron chi connectivity index (χ4n) is 1.52. The van der Waals surface area contributed by atoms with Crippen molar-refractivity contribution >= 4 is 17.6 Å². The van der Waals surface area contributed by atoms with Gasteiger partial charge in [0.15, 0.2) is 0 Å². The van der Waals surface area contributed by atoms with E-state index in [-0.39, 0.29) is 10.7 Å². The van der Waals surface area contributed by atoms with E-state index >= 15 is 0 Å². The highest BCUT2D eigenvalue weighted by molar-refractivity contribution is 6.29. The Morgan fingerprint density at radius 2 is 2.43 bits per heavy atom. The minimum Gasteiger partial charge on any atom is -0.478 e. The van der Waals surface area contributed by atoms with Crippen molar-refractivity contribution in [2.24, 2.45) is 0 Å². The summed E-state index contributed by atoms with van der Waals surface area (Å²) in [6.07, 6.45) is 0.584. The summed E-state index contributed by atoms with van der Waals surface area (Å²) in [6, 6.07) is 1.38. The largest absolute Gasteiger partial charge is 0.478 e. The zero-order valence-corrected chi connectivity index (χ0v) is 8.04. The standard InChI is InChI=1S/C9H8ClNO3/c10-8-3-6(9(12)13)5-1-2-14-4-7(5)11-8/h3H,1-2,4H2,(H,12,13). The van der Waals surface area contributed by atoms with Gasteiger partial charge in [-0.3, -0.25) is 0 Å². The van der Waals surface area contributed by atoms with E-state index < -0.39 is 5.97 Å². The van der Waals surface area contributed by atoms with Crippen molar-refractivity contribution in [3.8, 4) is 0 Å². The Hall–Kier alpha value is -1.13. The Labute approximate surface area is 85.5 Å². The summed E-state index contributed by atoms with van der Waals surface area (Å²) in [5.41, 5.74) is 1.62. The molecule has 1 aromatic rings. The van der Waals surface area contributed by atoms with Crippen LogP contribution in [0.2, 0.25) is 5.15 Å². The Morgan fingerprint density at radius 1 is 1.64 bits per heavy atom. The van der Waals surface area contributed by atoms with Crippen molar-refractivity contribution < 1.29 is 14.6 Å². The lowest BCUT2D eigenvalue weighted by Crippen LogP contribution is -2.16. The molecule has 0 saturated heterocycles. The fraction of sp³-hybridized carbons (Fsp3) is 0.333. The first-order chi connectivity index (χ1) is 6.68. The van der Waals surface area contributed by atoms with Gasteiger partial charge in [0.1, 0.15) is 5.15 Å². The van der Waals surface area contributed by atoms with Crippen molar-refractivity contribution in [2.45, 2.75) is 13.0 Å². The van der Waals surface area contributed by atoms with E-state index in [9.17, 15) is 4.79 Å². The summed E-state index contributed by atoms with van der Waals surface area (Å²) in [7, 11) is 0. The fourth-order valence-corrected chi connectivity index (χ4v) is 1.73. The highest BCUT2D eigenvalue weighted by Crippen LogP contribution is 2.22. The first kappa shape index (κ1) is 9.43. The predicted molar refractivity (Wildman–Crippen MR) is 49.6 cm³/mol. The molecule has 74 valence electrons. The Kier molecular flexibility index (Phi) is 2.39. The van der Waals surface area contributed by atoms with Crippen LogP contribution in [-0.4, -0.2) is 22.7 Å². The Balaban J connectivity index is 2.58. The normalized spacial score (nSPS) is 14.9. The lowest BCUT2D eigenvalue weighted by atomic mass is 10.0. The molecule has 0 aromatic carbocycles. The molecular formula is C9H8ClNO3. The number of carbonyl (C=O) groups is 1. The van der Waals surface area contributed by atoms with Crippen molar-refractivity contribution in [1.29, 1.82) is 0 Å². The molecule has 0 aliphatic carbocycles. The van der Waals surface area contributed by atoms with Gasteiger partial charge in [0.25, 0.3) is 0 Å². The van der Waals surface area contributed by atoms with E-state index in [1.807, 2.05) is 0 Å². The molecule has 0 unspecified atom stereocenters. The van der Waals surface area contributed by atoms with Gasteiger partial charge in [0.05, 0.1) is 24.5 Å². The zero-order chi connectivity index (χ0) is 10.1. The van der Waals surface area contributed by atoms with E-state index in [4.69, 9.17) is 21.4 Å². The van der Waals surface area contributed by atoms with Crippen LogP contribution in [0, 0.1) is 0 Å². The summed E-state index contributed by atoms with van der Waals surface area (Å²) in [5.74, 6) is -0.965. The summed E-state index contributed by atoms with van der Waals surface area (Å²) < 4.78 is 5.17. The SMILES string of the molecule is O=C(O)c1cc(Cl)nc2c1CCOC2. The van der Waals surface area contributed by atoms with Crippen LogP contribution in [0.25, 0.3) is 0 Å². The minimum atomic E-state index is -0.965. The second-order valence-corrected chi connectivity index (χ2v) is 3.41. The van der Waals surface area contributed by atoms with Crippen LogP contribution in [-0.2, 0) is 17.8 Å². The molecule has 1 aliphatic heterocycles. The van der Waals surface area contributed by atoms with Gasteiger partial charge in [-0.05, 0) is 18.1 Å². The van der Waals surface area contributed by atoms with Crippen molar-refractivity contribution in [3.05, 3.63) is 28.0 Å². The maximum Gasteiger partial charge on any atom is 0.336 e. The van der Waals surface area contributed by atoms with Gasteiger partial charge in [0.2, 0.25) is 0 Å². The maximum absolute atomic E-state index is 10.9. The highest BCUT2D eigenvalue weighted by atomic mass is 35.5. The molecule has 0 spiro atoms. The molecule has 0 atom stereocenters. The van der Waals surface area contributed by atoms with E-state index in [0.717, 1.165) is 5.56 Å². The molecule has 2 rings (SSSR count). The minimum absolute atomic E-state index is 0.201. The number of ether oxygens (including phenoxy) is 1. The molecule has 0 amide bonds. The van der Waals surface area contributed by atoms with Gasteiger partial charge < -0.3 is 9.84 Å². The van der Waals surface area contributed by atoms with Gasteiger partial charge in [-0.25, -0.2) is 9.78 Å². The van der Waals surface area contributed by atoms with E-state index in [1.54, 1.807) is 0 Å². The van der Waals surface area contributed by atoms with Crippen LogP contribution >= 0.6 is 11.6 Å². The first-order valence-electron chi connectivity index (χ1n) is 4.18. The summed E-state index contributed by atoms with van der Waals surface area (Å²) in [5, 5.41) is 9.14. The number of halogens is 1. The van der Waals surface area contributed by atoms with Crippen molar-refractivity contribution in [3.63, 3.8) is 0 Å². The third-order valence-corrected chi connectivity index (χ3v) is 2.34. The van der Waals surface area contributed by atoms with Gasteiger partial charge in [0, 0.05) is 0 Å². The molecule has 1 aliphatic rings. The summed E-state index contributed by atoms with van der Waals surface area (Å²) >= 11 is 5.70. The molecule has 1 N–H and O–H groups in total. The van der Waals surface area contributed by atoms with Gasteiger partial charge in [-0.15, -0.1) is 0 Å². The number of hydrogen-bond donors (Lipinski definition) is 1. The quantitative estimate of drug-likeness (QED) is 0.719. The van der Waals surface area contributed by atoms with Crippen LogP contribution in [0.5, 0.6) is 0 Å². The number of rotatable bonds is 1. The molecule has 4 nitrogen and oxygen atoms in total. The van der Waals surface area contributed by atoms with Crippen LogP contribution in [0.1, 0.15) is 21.6 Å². The molecule has 0 fully saturated rings. The number of carboxylic acids is 1. The van der Waals surface area contributed by atoms with Gasteiger partial charge in [-0.2, -0.15) is 0 Å². The third-order valence-electron chi connectivity index (χ3n) is 2.14. The van der Waals surface area contributed by atoms with Gasteiger partial charge >= 0.3 is 5.97 Å². The predicted octanol–water partition coefficient (Wildman–Crippen LogP) is 1.51. The van der Waals surface area contributed by atoms with E-state index in [1.165, 1.54) is 6.07 Å². The lowest BCUT2D eigenvalue weighted by molar-refractivity contribution is 0.0689. The van der Waals surface area contributed by atoms with E-state index in [0.29, 0.717) is 25.3 Å². The average Bonchev–Trinajstić information content (AvgIpc) is 2.16. The molecule has 1 aromatic heterocycles. The Morgan fingerprint density at radius 3 is 3.14 bits per heavy atom. The van der Waals surface area contributed by atoms with Crippen LogP contribution in [0.4, 0.5) is 0 Å². The number of pyridine rings is 1. The molecule has 0 radical (unpaired) electrons. The Bertz CT molecular complexity index is 392. The molecule has 2 heterocycles. The monoisotopic (exact) mass is 213 g/mol. The van der Waals surface area contributed by atoms with Crippen LogP contribution in [0.3, 0.4) is 0 Å². The average molecular weight is 214 g/mol. The summed E-state index contributed by atoms with van der Waals surface area (Å²) in [4.78, 5) is 14.9. The van der Waals surface area contributed by atoms with Crippen LogP contribution in [0.15, 0.2) is 6.07 Å². The van der Waals surface area contributed by atoms with Crippen molar-refractivity contribution in [1.82, 2.24) is 4.98 Å². The first-order valence-corrected chi connectivity index (χ1v) is 4.55. The second kappa shape index (κ2) is 3.55. The van der Waals surface area contributed by atoms with Crippen LogP contribution < -0.4 is 0 Å². The molecule has 0 saturated carbocycles. The number of carboxylic acid groups (broad SMARTS) is 1.